The van der Waals surface area contributed by atoms with Crippen molar-refractivity contribution in [1.82, 2.24) is 9.78 Å². The summed E-state index contributed by atoms with van der Waals surface area (Å²) in [5.41, 5.74) is -0.371. The smallest absolute Gasteiger partial charge is 0.338 e. The first kappa shape index (κ1) is 15.9. The maximum Gasteiger partial charge on any atom is 0.338 e. The minimum Gasteiger partial charge on any atom is -0.496 e. The van der Waals surface area contributed by atoms with E-state index >= 15 is 0 Å². The molecule has 2 rings (SSSR count). The van der Waals surface area contributed by atoms with Crippen molar-refractivity contribution in [2.45, 2.75) is 6.54 Å². The molecular weight excluding hydrogens is 308 g/mol. The van der Waals surface area contributed by atoms with Gasteiger partial charge in [0.15, 0.2) is 0 Å². The molecule has 0 aliphatic heterocycles. The highest BCUT2D eigenvalue weighted by Crippen LogP contribution is 2.28. The Kier molecular flexibility index (Phi) is 4.55. The monoisotopic (exact) mass is 320 g/mol. The van der Waals surface area contributed by atoms with E-state index in [1.54, 1.807) is 0 Å². The number of hydrogen-bond acceptors (Lipinski definition) is 6. The summed E-state index contributed by atoms with van der Waals surface area (Å²) >= 11 is 0. The van der Waals surface area contributed by atoms with Crippen molar-refractivity contribution in [3.8, 4) is 5.75 Å². The normalized spacial score (nSPS) is 10.1. The molecule has 0 aliphatic rings. The minimum atomic E-state index is -1.16. The molecule has 10 heteroatoms. The Bertz CT molecular complexity index is 770. The summed E-state index contributed by atoms with van der Waals surface area (Å²) in [6.07, 6.45) is 2.29. The highest BCUT2D eigenvalue weighted by molar-refractivity contribution is 5.93. The summed E-state index contributed by atoms with van der Waals surface area (Å²) in [4.78, 5) is 33.0. The van der Waals surface area contributed by atoms with E-state index in [0.29, 0.717) is 0 Å². The highest BCUT2D eigenvalue weighted by Gasteiger charge is 2.17. The topological polar surface area (TPSA) is 137 Å². The van der Waals surface area contributed by atoms with Crippen LogP contribution in [0.2, 0.25) is 0 Å². The zero-order valence-electron chi connectivity index (χ0n) is 11.9. The van der Waals surface area contributed by atoms with Crippen LogP contribution >= 0.6 is 0 Å². The second-order valence-corrected chi connectivity index (χ2v) is 4.42. The molecule has 120 valence electrons. The lowest BCUT2D eigenvalue weighted by Crippen LogP contribution is -2.19. The van der Waals surface area contributed by atoms with E-state index < -0.39 is 16.8 Å². The zero-order chi connectivity index (χ0) is 17.0. The number of benzene rings is 1. The number of nitro groups is 1. The Morgan fingerprint density at radius 2 is 2.22 bits per heavy atom. The van der Waals surface area contributed by atoms with Gasteiger partial charge in [-0.3, -0.25) is 19.6 Å². The molecule has 0 bridgehead atoms. The fourth-order valence-corrected chi connectivity index (χ4v) is 1.79. The number of aromatic carboxylic acids is 1. The van der Waals surface area contributed by atoms with E-state index in [2.05, 4.69) is 10.4 Å². The van der Waals surface area contributed by atoms with E-state index in [4.69, 9.17) is 9.84 Å². The van der Waals surface area contributed by atoms with Gasteiger partial charge in [-0.2, -0.15) is 5.10 Å². The van der Waals surface area contributed by atoms with Crippen molar-refractivity contribution >= 4 is 23.3 Å². The number of amides is 1. The maximum absolute atomic E-state index is 11.9. The molecule has 0 aliphatic carbocycles. The van der Waals surface area contributed by atoms with Crippen LogP contribution in [0.1, 0.15) is 10.4 Å². The number of rotatable bonds is 6. The van der Waals surface area contributed by atoms with Gasteiger partial charge < -0.3 is 15.2 Å². The minimum absolute atomic E-state index is 0.00594. The molecule has 0 radical (unpaired) electrons. The number of ether oxygens (including phenoxy) is 1. The third-order valence-electron chi connectivity index (χ3n) is 2.86. The quantitative estimate of drug-likeness (QED) is 0.601. The summed E-state index contributed by atoms with van der Waals surface area (Å²) in [6, 6.07) is 4.01. The molecule has 0 saturated heterocycles. The summed E-state index contributed by atoms with van der Waals surface area (Å²) < 4.78 is 6.02. The largest absolute Gasteiger partial charge is 0.496 e. The number of carboxylic acids is 1. The van der Waals surface area contributed by atoms with Crippen molar-refractivity contribution in [2.75, 3.05) is 12.4 Å². The van der Waals surface area contributed by atoms with Crippen molar-refractivity contribution in [3.05, 3.63) is 46.3 Å². The Labute approximate surface area is 129 Å². The SMILES string of the molecule is COc1ccc(NC(=O)Cn2cc(C(=O)O)cn2)c([N+](=O)[O-])c1. The molecule has 0 saturated carbocycles. The summed E-state index contributed by atoms with van der Waals surface area (Å²) in [7, 11) is 1.37. The van der Waals surface area contributed by atoms with Gasteiger partial charge >= 0.3 is 5.97 Å². The van der Waals surface area contributed by atoms with E-state index in [1.165, 1.54) is 31.5 Å². The van der Waals surface area contributed by atoms with Gasteiger partial charge in [-0.25, -0.2) is 4.79 Å². The average Bonchev–Trinajstić information content (AvgIpc) is 2.96. The van der Waals surface area contributed by atoms with Crippen molar-refractivity contribution in [2.24, 2.45) is 0 Å². The van der Waals surface area contributed by atoms with Gasteiger partial charge in [-0.1, -0.05) is 0 Å². The average molecular weight is 320 g/mol. The molecule has 0 spiro atoms. The van der Waals surface area contributed by atoms with Gasteiger partial charge in [-0.15, -0.1) is 0 Å². The number of hydrogen-bond donors (Lipinski definition) is 2. The van der Waals surface area contributed by atoms with Crippen LogP contribution in [-0.4, -0.2) is 38.8 Å². The van der Waals surface area contributed by atoms with Crippen molar-refractivity contribution in [3.63, 3.8) is 0 Å². The van der Waals surface area contributed by atoms with Crippen molar-refractivity contribution < 1.29 is 24.4 Å². The molecule has 0 atom stereocenters. The molecular formula is C13H12N4O6. The number of aromatic nitrogens is 2. The van der Waals surface area contributed by atoms with Crippen LogP contribution in [0.25, 0.3) is 0 Å². The van der Waals surface area contributed by atoms with E-state index in [9.17, 15) is 19.7 Å². The molecule has 1 aromatic carbocycles. The lowest BCUT2D eigenvalue weighted by atomic mass is 10.2. The Morgan fingerprint density at radius 1 is 1.48 bits per heavy atom. The Hall–Kier alpha value is -3.43. The first-order valence-electron chi connectivity index (χ1n) is 6.28. The maximum atomic E-state index is 11.9. The van der Waals surface area contributed by atoms with Crippen LogP contribution < -0.4 is 10.1 Å². The molecule has 1 heterocycles. The van der Waals surface area contributed by atoms with Gasteiger partial charge in [0.1, 0.15) is 18.0 Å². The Morgan fingerprint density at radius 3 is 2.78 bits per heavy atom. The molecule has 23 heavy (non-hydrogen) atoms. The number of carbonyl (C=O) groups is 2. The second kappa shape index (κ2) is 6.56. The summed E-state index contributed by atoms with van der Waals surface area (Å²) in [6.45, 7) is -0.281. The van der Waals surface area contributed by atoms with Gasteiger partial charge in [0.05, 0.1) is 29.9 Å². The zero-order valence-corrected chi connectivity index (χ0v) is 11.9. The van der Waals surface area contributed by atoms with Crippen LogP contribution in [0.4, 0.5) is 11.4 Å². The van der Waals surface area contributed by atoms with Crippen LogP contribution in [0.15, 0.2) is 30.6 Å². The highest BCUT2D eigenvalue weighted by atomic mass is 16.6. The molecule has 2 N–H and O–H groups in total. The first-order valence-corrected chi connectivity index (χ1v) is 6.28. The predicted octanol–water partition coefficient (Wildman–Crippen LogP) is 1.14. The first-order chi connectivity index (χ1) is 10.9. The van der Waals surface area contributed by atoms with E-state index in [-0.39, 0.29) is 29.2 Å². The number of nitrogens with one attached hydrogen (secondary N) is 1. The molecule has 0 fully saturated rings. The number of nitro benzene ring substituents is 1. The molecule has 1 amide bonds. The lowest BCUT2D eigenvalue weighted by Gasteiger charge is -2.07. The number of methoxy groups -OCH3 is 1. The van der Waals surface area contributed by atoms with Gasteiger partial charge in [0.25, 0.3) is 5.69 Å². The third kappa shape index (κ3) is 3.81. The van der Waals surface area contributed by atoms with Gasteiger partial charge in [0, 0.05) is 6.20 Å². The molecule has 1 aromatic heterocycles. The van der Waals surface area contributed by atoms with Gasteiger partial charge in [0.2, 0.25) is 5.91 Å². The standard InChI is InChI=1S/C13H12N4O6/c1-23-9-2-3-10(11(4-9)17(21)22)15-12(18)7-16-6-8(5-14-16)13(19)20/h2-6H,7H2,1H3,(H,15,18)(H,19,20). The third-order valence-corrected chi connectivity index (χ3v) is 2.86. The molecule has 0 unspecified atom stereocenters. The van der Waals surface area contributed by atoms with Crippen LogP contribution in [0.5, 0.6) is 5.75 Å². The van der Waals surface area contributed by atoms with Gasteiger partial charge in [-0.05, 0) is 12.1 Å². The lowest BCUT2D eigenvalue weighted by molar-refractivity contribution is -0.384. The number of nitrogens with zero attached hydrogens (tertiary/aromatic N) is 3. The molecule has 2 aromatic rings. The predicted molar refractivity (Wildman–Crippen MR) is 77.5 cm³/mol. The second-order valence-electron chi connectivity index (χ2n) is 4.42. The number of anilines is 1. The number of carbonyl (C=O) groups excluding carboxylic acids is 1. The number of carboxylic acid groups (broad SMARTS) is 1. The van der Waals surface area contributed by atoms with Crippen LogP contribution in [0, 0.1) is 10.1 Å². The van der Waals surface area contributed by atoms with E-state index in [0.717, 1.165) is 10.9 Å². The fraction of sp³-hybridized carbons (Fsp3) is 0.154. The van der Waals surface area contributed by atoms with Crippen LogP contribution in [0.3, 0.4) is 0 Å². The van der Waals surface area contributed by atoms with Crippen molar-refractivity contribution in [1.29, 1.82) is 0 Å². The summed E-state index contributed by atoms with van der Waals surface area (Å²) in [5, 5.41) is 25.9. The molecule has 10 nitrogen and oxygen atoms in total. The van der Waals surface area contributed by atoms with E-state index in [1.807, 2.05) is 0 Å². The summed E-state index contributed by atoms with van der Waals surface area (Å²) in [5.74, 6) is -1.46. The van der Waals surface area contributed by atoms with Crippen LogP contribution in [-0.2, 0) is 11.3 Å². The fourth-order valence-electron chi connectivity index (χ4n) is 1.79. The Balaban J connectivity index is 2.13.